The van der Waals surface area contributed by atoms with Crippen molar-refractivity contribution in [2.24, 2.45) is 0 Å². The molecule has 1 N–H and O–H groups in total. The van der Waals surface area contributed by atoms with Crippen molar-refractivity contribution in [2.45, 2.75) is 9.79 Å². The number of hydrogen-bond donors (Lipinski definition) is 1. The van der Waals surface area contributed by atoms with E-state index in [9.17, 15) is 9.90 Å². The molecule has 0 aromatic heterocycles. The first-order valence-electron chi connectivity index (χ1n) is 8.42. The van der Waals surface area contributed by atoms with E-state index < -0.39 is 0 Å². The van der Waals surface area contributed by atoms with Gasteiger partial charge in [-0.05, 0) is 48.0 Å². The SMILES string of the molecule is COc1cc(/C=C/C(=O)N2c3ccccc3Sc3ccccc32)ccc1O. The average Bonchev–Trinajstić information content (AvgIpc) is 2.71. The van der Waals surface area contributed by atoms with Crippen LogP contribution in [-0.4, -0.2) is 18.1 Å². The first-order chi connectivity index (χ1) is 13.2. The van der Waals surface area contributed by atoms with Crippen LogP contribution in [0.5, 0.6) is 11.5 Å². The molecule has 4 rings (SSSR count). The summed E-state index contributed by atoms with van der Waals surface area (Å²) in [7, 11) is 1.49. The Balaban J connectivity index is 1.70. The molecule has 5 heteroatoms. The predicted octanol–water partition coefficient (Wildman–Crippen LogP) is 5.24. The molecule has 0 atom stereocenters. The minimum Gasteiger partial charge on any atom is -0.504 e. The lowest BCUT2D eigenvalue weighted by Gasteiger charge is -2.30. The number of rotatable bonds is 3. The summed E-state index contributed by atoms with van der Waals surface area (Å²) in [5.41, 5.74) is 2.52. The van der Waals surface area contributed by atoms with Gasteiger partial charge in [-0.15, -0.1) is 0 Å². The lowest BCUT2D eigenvalue weighted by molar-refractivity contribution is -0.113. The van der Waals surface area contributed by atoms with Gasteiger partial charge < -0.3 is 9.84 Å². The fourth-order valence-corrected chi connectivity index (χ4v) is 4.04. The van der Waals surface area contributed by atoms with Crippen LogP contribution in [-0.2, 0) is 4.79 Å². The number of hydrogen-bond acceptors (Lipinski definition) is 4. The second-order valence-electron chi connectivity index (χ2n) is 5.98. The number of nitrogens with zero attached hydrogens (tertiary/aromatic N) is 1. The van der Waals surface area contributed by atoms with E-state index in [1.807, 2.05) is 48.5 Å². The van der Waals surface area contributed by atoms with Crippen molar-refractivity contribution in [3.05, 3.63) is 78.4 Å². The van der Waals surface area contributed by atoms with Crippen molar-refractivity contribution in [1.82, 2.24) is 0 Å². The van der Waals surface area contributed by atoms with Gasteiger partial charge >= 0.3 is 0 Å². The van der Waals surface area contributed by atoms with Crippen LogP contribution in [0.2, 0.25) is 0 Å². The number of phenolic OH excluding ortho intramolecular Hbond substituents is 1. The maximum atomic E-state index is 13.1. The summed E-state index contributed by atoms with van der Waals surface area (Å²) in [4.78, 5) is 16.9. The van der Waals surface area contributed by atoms with Crippen LogP contribution in [0.25, 0.3) is 6.08 Å². The number of anilines is 2. The van der Waals surface area contributed by atoms with E-state index in [0.717, 1.165) is 26.7 Å². The monoisotopic (exact) mass is 375 g/mol. The van der Waals surface area contributed by atoms with Crippen LogP contribution in [0.3, 0.4) is 0 Å². The highest BCUT2D eigenvalue weighted by molar-refractivity contribution is 7.99. The average molecular weight is 375 g/mol. The molecule has 1 heterocycles. The number of ether oxygens (including phenoxy) is 1. The molecule has 3 aromatic rings. The lowest BCUT2D eigenvalue weighted by Crippen LogP contribution is -2.26. The number of para-hydroxylation sites is 2. The fraction of sp³-hybridized carbons (Fsp3) is 0.0455. The summed E-state index contributed by atoms with van der Waals surface area (Å²) >= 11 is 1.66. The van der Waals surface area contributed by atoms with E-state index in [0.29, 0.717) is 5.75 Å². The summed E-state index contributed by atoms with van der Waals surface area (Å²) in [6.07, 6.45) is 3.26. The van der Waals surface area contributed by atoms with E-state index in [2.05, 4.69) is 0 Å². The molecule has 0 fully saturated rings. The van der Waals surface area contributed by atoms with Crippen molar-refractivity contribution in [3.8, 4) is 11.5 Å². The van der Waals surface area contributed by atoms with E-state index >= 15 is 0 Å². The van der Waals surface area contributed by atoms with Gasteiger partial charge in [-0.1, -0.05) is 42.1 Å². The Morgan fingerprint density at radius 3 is 2.26 bits per heavy atom. The summed E-state index contributed by atoms with van der Waals surface area (Å²) in [6, 6.07) is 20.7. The highest BCUT2D eigenvalue weighted by Gasteiger charge is 2.26. The Kier molecular flexibility index (Phi) is 4.60. The van der Waals surface area contributed by atoms with Gasteiger partial charge in [-0.25, -0.2) is 0 Å². The van der Waals surface area contributed by atoms with E-state index in [1.54, 1.807) is 40.9 Å². The standard InChI is InChI=1S/C22H17NO3S/c1-26-19-14-15(10-12-18(19)24)11-13-22(25)23-16-6-2-4-8-20(16)27-21-9-5-3-7-17(21)23/h2-14,24H,1H3/b13-11+. The minimum absolute atomic E-state index is 0.0666. The van der Waals surface area contributed by atoms with Crippen LogP contribution in [0.15, 0.2) is 82.6 Å². The molecule has 0 spiro atoms. The number of aromatic hydroxyl groups is 1. The number of fused-ring (bicyclic) bond motifs is 2. The van der Waals surface area contributed by atoms with Crippen LogP contribution in [0.4, 0.5) is 11.4 Å². The molecule has 0 saturated carbocycles. The first-order valence-corrected chi connectivity index (χ1v) is 9.24. The molecule has 4 nitrogen and oxygen atoms in total. The summed E-state index contributed by atoms with van der Waals surface area (Å²) in [6.45, 7) is 0. The highest BCUT2D eigenvalue weighted by Crippen LogP contribution is 2.47. The number of carbonyl (C=O) groups is 1. The van der Waals surface area contributed by atoms with Gasteiger partial charge in [0.05, 0.1) is 18.5 Å². The molecule has 1 aliphatic rings. The van der Waals surface area contributed by atoms with Gasteiger partial charge in [-0.3, -0.25) is 9.69 Å². The van der Waals surface area contributed by atoms with Gasteiger partial charge in [0.2, 0.25) is 0 Å². The van der Waals surface area contributed by atoms with Crippen molar-refractivity contribution in [2.75, 3.05) is 12.0 Å². The Morgan fingerprint density at radius 1 is 1.00 bits per heavy atom. The van der Waals surface area contributed by atoms with Crippen LogP contribution in [0, 0.1) is 0 Å². The summed E-state index contributed by atoms with van der Waals surface area (Å²) in [5.74, 6) is 0.300. The van der Waals surface area contributed by atoms with Crippen molar-refractivity contribution >= 4 is 35.1 Å². The molecular formula is C22H17NO3S. The third kappa shape index (κ3) is 3.29. The largest absolute Gasteiger partial charge is 0.504 e. The Labute approximate surface area is 161 Å². The molecule has 0 aliphatic carbocycles. The molecular weight excluding hydrogens is 358 g/mol. The lowest BCUT2D eigenvalue weighted by atomic mass is 10.1. The zero-order chi connectivity index (χ0) is 18.8. The number of carbonyl (C=O) groups excluding carboxylic acids is 1. The zero-order valence-corrected chi connectivity index (χ0v) is 15.4. The zero-order valence-electron chi connectivity index (χ0n) is 14.6. The maximum Gasteiger partial charge on any atom is 0.255 e. The number of amides is 1. The third-order valence-corrected chi connectivity index (χ3v) is 5.41. The quantitative estimate of drug-likeness (QED) is 0.636. The molecule has 0 unspecified atom stereocenters. The predicted molar refractivity (Wildman–Crippen MR) is 108 cm³/mol. The summed E-state index contributed by atoms with van der Waals surface area (Å²) < 4.78 is 5.12. The molecule has 134 valence electrons. The molecule has 3 aromatic carbocycles. The second kappa shape index (κ2) is 7.21. The number of methoxy groups -OCH3 is 1. The van der Waals surface area contributed by atoms with Gasteiger partial charge in [0.1, 0.15) is 0 Å². The second-order valence-corrected chi connectivity index (χ2v) is 7.06. The van der Waals surface area contributed by atoms with Gasteiger partial charge in [0.15, 0.2) is 11.5 Å². The molecule has 1 aliphatic heterocycles. The number of phenols is 1. The molecule has 0 bridgehead atoms. The maximum absolute atomic E-state index is 13.1. The minimum atomic E-state index is -0.137. The van der Waals surface area contributed by atoms with E-state index in [1.165, 1.54) is 13.2 Å². The Bertz CT molecular complexity index is 1000. The molecule has 0 saturated heterocycles. The van der Waals surface area contributed by atoms with Gasteiger partial charge in [0, 0.05) is 15.9 Å². The summed E-state index contributed by atoms with van der Waals surface area (Å²) in [5, 5.41) is 9.71. The van der Waals surface area contributed by atoms with Gasteiger partial charge in [-0.2, -0.15) is 0 Å². The van der Waals surface area contributed by atoms with Crippen molar-refractivity contribution in [3.63, 3.8) is 0 Å². The molecule has 27 heavy (non-hydrogen) atoms. The number of benzene rings is 3. The Morgan fingerprint density at radius 2 is 1.63 bits per heavy atom. The van der Waals surface area contributed by atoms with Crippen LogP contribution < -0.4 is 9.64 Å². The third-order valence-electron chi connectivity index (χ3n) is 4.27. The van der Waals surface area contributed by atoms with Gasteiger partial charge in [0.25, 0.3) is 5.91 Å². The van der Waals surface area contributed by atoms with Crippen molar-refractivity contribution in [1.29, 1.82) is 0 Å². The van der Waals surface area contributed by atoms with E-state index in [-0.39, 0.29) is 11.7 Å². The molecule has 1 amide bonds. The van der Waals surface area contributed by atoms with Crippen LogP contribution in [0.1, 0.15) is 5.56 Å². The van der Waals surface area contributed by atoms with Crippen LogP contribution >= 0.6 is 11.8 Å². The van der Waals surface area contributed by atoms with Crippen molar-refractivity contribution < 1.29 is 14.6 Å². The topological polar surface area (TPSA) is 49.8 Å². The normalized spacial score (nSPS) is 12.6. The van der Waals surface area contributed by atoms with E-state index in [4.69, 9.17) is 4.74 Å². The smallest absolute Gasteiger partial charge is 0.255 e. The highest BCUT2D eigenvalue weighted by atomic mass is 32.2. The first kappa shape index (κ1) is 17.2. The Hall–Kier alpha value is -3.18. The fourth-order valence-electron chi connectivity index (χ4n) is 2.98. The molecule has 0 radical (unpaired) electrons.